The van der Waals surface area contributed by atoms with Gasteiger partial charge in [-0.3, -0.25) is 9.59 Å². The highest BCUT2D eigenvalue weighted by Gasteiger charge is 2.31. The number of fused-ring (bicyclic) bond motifs is 1. The lowest BCUT2D eigenvalue weighted by molar-refractivity contribution is 0.0980. The van der Waals surface area contributed by atoms with E-state index in [9.17, 15) is 14.4 Å². The summed E-state index contributed by atoms with van der Waals surface area (Å²) >= 11 is 1.13. The summed E-state index contributed by atoms with van der Waals surface area (Å²) in [7, 11) is 1.57. The number of Topliss-reactive ketones (excluding diaryl/α,β-unsaturated/α-hetero) is 2. The van der Waals surface area contributed by atoms with Gasteiger partial charge in [0.05, 0.1) is 17.7 Å². The van der Waals surface area contributed by atoms with Crippen molar-refractivity contribution in [3.63, 3.8) is 0 Å². The topological polar surface area (TPSA) is 111 Å². The van der Waals surface area contributed by atoms with Gasteiger partial charge in [0, 0.05) is 27.4 Å². The lowest BCUT2D eigenvalue weighted by Crippen LogP contribution is -2.25. The zero-order chi connectivity index (χ0) is 22.7. The SMILES string of the molecule is COc1ccc(NC(=O)Nc2ccc(SC3=C(N)C(=O)c4ccccc4C3=O)cc2)cc1. The van der Waals surface area contributed by atoms with Gasteiger partial charge in [-0.1, -0.05) is 36.0 Å². The first kappa shape index (κ1) is 21.2. The molecule has 160 valence electrons. The average Bonchev–Trinajstić information content (AvgIpc) is 2.82. The first-order valence-corrected chi connectivity index (χ1v) is 10.5. The van der Waals surface area contributed by atoms with E-state index in [0.29, 0.717) is 33.1 Å². The number of nitrogens with two attached hydrogens (primary N) is 1. The van der Waals surface area contributed by atoms with Gasteiger partial charge in [-0.15, -0.1) is 0 Å². The van der Waals surface area contributed by atoms with Crippen LogP contribution in [0.15, 0.2) is 88.3 Å². The van der Waals surface area contributed by atoms with Crippen LogP contribution in [-0.2, 0) is 0 Å². The fourth-order valence-electron chi connectivity index (χ4n) is 3.17. The molecule has 0 aromatic heterocycles. The van der Waals surface area contributed by atoms with Crippen LogP contribution in [-0.4, -0.2) is 24.7 Å². The van der Waals surface area contributed by atoms with Crippen molar-refractivity contribution in [2.75, 3.05) is 17.7 Å². The molecular formula is C24H19N3O4S. The van der Waals surface area contributed by atoms with Gasteiger partial charge >= 0.3 is 6.03 Å². The summed E-state index contributed by atoms with van der Waals surface area (Å²) in [5.74, 6) is 0.0707. The molecule has 4 rings (SSSR count). The fraction of sp³-hybridized carbons (Fsp3) is 0.0417. The van der Waals surface area contributed by atoms with Crippen LogP contribution in [0.25, 0.3) is 0 Å². The van der Waals surface area contributed by atoms with Crippen molar-refractivity contribution < 1.29 is 19.1 Å². The Morgan fingerprint density at radius 1 is 0.812 bits per heavy atom. The average molecular weight is 446 g/mol. The molecule has 1 aliphatic carbocycles. The van der Waals surface area contributed by atoms with E-state index < -0.39 is 6.03 Å². The fourth-order valence-corrected chi connectivity index (χ4v) is 4.08. The van der Waals surface area contributed by atoms with Gasteiger partial charge in [0.15, 0.2) is 0 Å². The predicted octanol–water partition coefficient (Wildman–Crippen LogP) is 4.68. The second-order valence-corrected chi connectivity index (χ2v) is 7.96. The molecule has 0 atom stereocenters. The van der Waals surface area contributed by atoms with E-state index in [1.807, 2.05) is 0 Å². The van der Waals surface area contributed by atoms with Crippen LogP contribution in [0.1, 0.15) is 20.7 Å². The summed E-state index contributed by atoms with van der Waals surface area (Å²) < 4.78 is 5.09. The Labute approximate surface area is 188 Å². The zero-order valence-corrected chi connectivity index (χ0v) is 17.9. The van der Waals surface area contributed by atoms with Crippen LogP contribution >= 0.6 is 11.8 Å². The van der Waals surface area contributed by atoms with Gasteiger partial charge in [0.1, 0.15) is 5.75 Å². The highest BCUT2D eigenvalue weighted by molar-refractivity contribution is 8.04. The lowest BCUT2D eigenvalue weighted by atomic mass is 9.93. The van der Waals surface area contributed by atoms with Crippen molar-refractivity contribution in [2.45, 2.75) is 4.90 Å². The van der Waals surface area contributed by atoms with Gasteiger partial charge in [-0.2, -0.15) is 0 Å². The van der Waals surface area contributed by atoms with E-state index >= 15 is 0 Å². The number of urea groups is 1. The molecule has 7 nitrogen and oxygen atoms in total. The molecule has 3 aromatic rings. The predicted molar refractivity (Wildman–Crippen MR) is 124 cm³/mol. The number of anilines is 2. The highest BCUT2D eigenvalue weighted by atomic mass is 32.2. The number of rotatable bonds is 5. The number of benzene rings is 3. The molecule has 0 bridgehead atoms. The van der Waals surface area contributed by atoms with Crippen molar-refractivity contribution in [3.8, 4) is 5.75 Å². The van der Waals surface area contributed by atoms with Crippen LogP contribution < -0.4 is 21.1 Å². The third-order valence-corrected chi connectivity index (χ3v) is 5.91. The number of ketones is 2. The van der Waals surface area contributed by atoms with E-state index in [1.165, 1.54) is 0 Å². The molecule has 8 heteroatoms. The minimum Gasteiger partial charge on any atom is -0.497 e. The van der Waals surface area contributed by atoms with Crippen LogP contribution in [0, 0.1) is 0 Å². The Bertz CT molecular complexity index is 1230. The van der Waals surface area contributed by atoms with Crippen LogP contribution in [0.2, 0.25) is 0 Å². The van der Waals surface area contributed by atoms with E-state index in [-0.39, 0.29) is 22.2 Å². The first-order chi connectivity index (χ1) is 15.5. The minimum absolute atomic E-state index is 0.0558. The van der Waals surface area contributed by atoms with Crippen molar-refractivity contribution in [2.24, 2.45) is 5.73 Å². The maximum absolute atomic E-state index is 12.8. The quantitative estimate of drug-likeness (QED) is 0.526. The largest absolute Gasteiger partial charge is 0.497 e. The monoisotopic (exact) mass is 445 g/mol. The third-order valence-electron chi connectivity index (χ3n) is 4.79. The van der Waals surface area contributed by atoms with Crippen molar-refractivity contribution >= 4 is 40.7 Å². The molecule has 0 radical (unpaired) electrons. The van der Waals surface area contributed by atoms with Crippen molar-refractivity contribution in [3.05, 3.63) is 94.5 Å². The molecule has 3 aromatic carbocycles. The van der Waals surface area contributed by atoms with Gasteiger partial charge in [0.2, 0.25) is 11.6 Å². The molecule has 0 fully saturated rings. The lowest BCUT2D eigenvalue weighted by Gasteiger charge is -2.18. The van der Waals surface area contributed by atoms with E-state index in [2.05, 4.69) is 10.6 Å². The molecule has 0 aliphatic heterocycles. The number of allylic oxidation sites excluding steroid dienone is 2. The van der Waals surface area contributed by atoms with E-state index in [1.54, 1.807) is 79.9 Å². The molecule has 2 amide bonds. The Morgan fingerprint density at radius 2 is 1.34 bits per heavy atom. The summed E-state index contributed by atoms with van der Waals surface area (Å²) in [5.41, 5.74) is 7.79. The summed E-state index contributed by atoms with van der Waals surface area (Å²) in [6, 6.07) is 20.1. The summed E-state index contributed by atoms with van der Waals surface area (Å²) in [6.45, 7) is 0. The Hall–Kier alpha value is -4.04. The summed E-state index contributed by atoms with van der Waals surface area (Å²) in [4.78, 5) is 38.5. The van der Waals surface area contributed by atoms with Gasteiger partial charge in [0.25, 0.3) is 0 Å². The van der Waals surface area contributed by atoms with Gasteiger partial charge in [-0.05, 0) is 48.5 Å². The molecule has 0 spiro atoms. The number of ether oxygens (including phenoxy) is 1. The molecule has 4 N–H and O–H groups in total. The molecule has 0 saturated carbocycles. The third kappa shape index (κ3) is 4.35. The molecule has 0 heterocycles. The number of nitrogens with one attached hydrogen (secondary N) is 2. The molecule has 32 heavy (non-hydrogen) atoms. The number of hydrogen-bond acceptors (Lipinski definition) is 6. The molecule has 0 unspecified atom stereocenters. The maximum Gasteiger partial charge on any atom is 0.323 e. The number of carbonyl (C=O) groups excluding carboxylic acids is 3. The van der Waals surface area contributed by atoms with Crippen molar-refractivity contribution in [1.29, 1.82) is 0 Å². The van der Waals surface area contributed by atoms with Gasteiger partial charge in [-0.25, -0.2) is 4.79 Å². The maximum atomic E-state index is 12.8. The number of hydrogen-bond donors (Lipinski definition) is 3. The van der Waals surface area contributed by atoms with Crippen LogP contribution in [0.3, 0.4) is 0 Å². The van der Waals surface area contributed by atoms with Crippen LogP contribution in [0.5, 0.6) is 5.75 Å². The van der Waals surface area contributed by atoms with Gasteiger partial charge < -0.3 is 21.1 Å². The highest BCUT2D eigenvalue weighted by Crippen LogP contribution is 2.35. The number of carbonyl (C=O) groups is 3. The minimum atomic E-state index is -0.396. The number of thioether (sulfide) groups is 1. The Morgan fingerprint density at radius 3 is 1.91 bits per heavy atom. The smallest absolute Gasteiger partial charge is 0.323 e. The van der Waals surface area contributed by atoms with E-state index in [0.717, 1.165) is 11.8 Å². The normalized spacial score (nSPS) is 12.9. The Balaban J connectivity index is 1.42. The second-order valence-electron chi connectivity index (χ2n) is 6.88. The first-order valence-electron chi connectivity index (χ1n) is 9.64. The zero-order valence-electron chi connectivity index (χ0n) is 17.0. The summed E-state index contributed by atoms with van der Waals surface area (Å²) in [6.07, 6.45) is 0. The Kier molecular flexibility index (Phi) is 5.96. The molecule has 1 aliphatic rings. The number of amides is 2. The summed E-state index contributed by atoms with van der Waals surface area (Å²) in [5, 5.41) is 5.47. The van der Waals surface area contributed by atoms with Crippen molar-refractivity contribution in [1.82, 2.24) is 0 Å². The molecule has 0 saturated heterocycles. The van der Waals surface area contributed by atoms with Crippen LogP contribution in [0.4, 0.5) is 16.2 Å². The second kappa shape index (κ2) is 8.99. The standard InChI is InChI=1S/C24H19N3O4S/c1-31-16-10-6-14(7-11-16)26-24(30)27-15-8-12-17(13-9-15)32-23-20(25)21(28)18-4-2-3-5-19(18)22(23)29/h2-13H,25H2,1H3,(H2,26,27,30). The molecular weight excluding hydrogens is 426 g/mol. The van der Waals surface area contributed by atoms with E-state index in [4.69, 9.17) is 10.5 Å². The number of methoxy groups -OCH3 is 1.